The summed E-state index contributed by atoms with van der Waals surface area (Å²) in [6, 6.07) is 5.82. The van der Waals surface area contributed by atoms with E-state index in [1.165, 1.54) is 31.8 Å². The summed E-state index contributed by atoms with van der Waals surface area (Å²) in [6.07, 6.45) is 15.9. The molecule has 0 spiro atoms. The minimum atomic E-state index is -2.71. The van der Waals surface area contributed by atoms with Gasteiger partial charge in [0.1, 0.15) is 11.8 Å². The lowest BCUT2D eigenvalue weighted by atomic mass is 9.83. The Morgan fingerprint density at radius 1 is 0.979 bits per heavy atom. The van der Waals surface area contributed by atoms with Crippen LogP contribution in [0.2, 0.25) is 0 Å². The summed E-state index contributed by atoms with van der Waals surface area (Å²) >= 11 is 0. The number of benzene rings is 1. The van der Waals surface area contributed by atoms with Crippen molar-refractivity contribution in [1.82, 2.24) is 5.32 Å². The van der Waals surface area contributed by atoms with Crippen molar-refractivity contribution in [3.05, 3.63) is 42.0 Å². The minimum absolute atomic E-state index is 0.0393. The quantitative estimate of drug-likeness (QED) is 0.0636. The molecule has 272 valence electrons. The van der Waals surface area contributed by atoms with E-state index in [2.05, 4.69) is 19.2 Å². The zero-order valence-electron chi connectivity index (χ0n) is 29.1. The van der Waals surface area contributed by atoms with Crippen LogP contribution in [-0.4, -0.2) is 71.9 Å². The SMILES string of the molecule is CCCCCCCC1(CCCCCCC=C[C@H](C(=O)N[C@@H](Cc2ccc(OCCCC)cc2)C(N)=O)[C@@](O)(CCF)C(=O)O)OCCO1. The number of aliphatic hydroxyl groups is 1. The van der Waals surface area contributed by atoms with Gasteiger partial charge in [-0.3, -0.25) is 14.0 Å². The van der Waals surface area contributed by atoms with Crippen LogP contribution in [0.15, 0.2) is 36.4 Å². The fraction of sp³-hybridized carbons (Fsp3) is 0.703. The number of hydrogen-bond acceptors (Lipinski definition) is 7. The van der Waals surface area contributed by atoms with Gasteiger partial charge in [0, 0.05) is 25.7 Å². The van der Waals surface area contributed by atoms with Gasteiger partial charge in [0.2, 0.25) is 11.8 Å². The predicted molar refractivity (Wildman–Crippen MR) is 183 cm³/mol. The van der Waals surface area contributed by atoms with Crippen molar-refractivity contribution in [2.75, 3.05) is 26.5 Å². The summed E-state index contributed by atoms with van der Waals surface area (Å²) in [5.41, 5.74) is 3.57. The molecule has 0 aliphatic carbocycles. The summed E-state index contributed by atoms with van der Waals surface area (Å²) in [4.78, 5) is 37.8. The average molecular weight is 679 g/mol. The highest BCUT2D eigenvalue weighted by Gasteiger charge is 2.47. The first-order valence-electron chi connectivity index (χ1n) is 17.9. The lowest BCUT2D eigenvalue weighted by Gasteiger charge is -2.30. The highest BCUT2D eigenvalue weighted by molar-refractivity contribution is 5.93. The smallest absolute Gasteiger partial charge is 0.336 e. The Kier molecular flexibility index (Phi) is 19.4. The number of hydrogen-bond donors (Lipinski definition) is 4. The second-order valence-electron chi connectivity index (χ2n) is 12.8. The van der Waals surface area contributed by atoms with E-state index in [4.69, 9.17) is 19.9 Å². The van der Waals surface area contributed by atoms with Crippen molar-refractivity contribution in [3.63, 3.8) is 0 Å². The van der Waals surface area contributed by atoms with Crippen LogP contribution in [0.3, 0.4) is 0 Å². The molecular formula is C37H59FN2O8. The molecule has 2 amide bonds. The van der Waals surface area contributed by atoms with Crippen molar-refractivity contribution in [3.8, 4) is 5.75 Å². The second-order valence-corrected chi connectivity index (χ2v) is 12.8. The molecule has 1 aliphatic rings. The van der Waals surface area contributed by atoms with Crippen molar-refractivity contribution in [2.45, 2.75) is 134 Å². The molecule has 5 N–H and O–H groups in total. The van der Waals surface area contributed by atoms with Crippen molar-refractivity contribution >= 4 is 17.8 Å². The fourth-order valence-corrected chi connectivity index (χ4v) is 5.93. The molecule has 2 rings (SSSR count). The monoisotopic (exact) mass is 678 g/mol. The number of alkyl halides is 1. The number of carboxylic acids is 1. The number of aliphatic carboxylic acids is 1. The van der Waals surface area contributed by atoms with Crippen LogP contribution in [0, 0.1) is 5.92 Å². The number of nitrogens with two attached hydrogens (primary N) is 1. The lowest BCUT2D eigenvalue weighted by molar-refractivity contribution is -0.168. The number of halogens is 1. The normalized spacial score (nSPS) is 16.8. The zero-order chi connectivity index (χ0) is 35.3. The fourth-order valence-electron chi connectivity index (χ4n) is 5.93. The number of carbonyl (C=O) groups is 3. The van der Waals surface area contributed by atoms with Gasteiger partial charge in [-0.2, -0.15) is 0 Å². The molecule has 11 heteroatoms. The second kappa shape index (κ2) is 22.6. The first-order valence-corrected chi connectivity index (χ1v) is 17.9. The van der Waals surface area contributed by atoms with Crippen LogP contribution in [0.1, 0.15) is 116 Å². The molecule has 1 aromatic carbocycles. The predicted octanol–water partition coefficient (Wildman–Crippen LogP) is 6.17. The van der Waals surface area contributed by atoms with Gasteiger partial charge in [0.05, 0.1) is 32.4 Å². The van der Waals surface area contributed by atoms with Crippen LogP contribution < -0.4 is 15.8 Å². The van der Waals surface area contributed by atoms with E-state index in [9.17, 15) is 29.0 Å². The maximum absolute atomic E-state index is 13.4. The van der Waals surface area contributed by atoms with Crippen LogP contribution >= 0.6 is 0 Å². The first-order chi connectivity index (χ1) is 23.1. The summed E-state index contributed by atoms with van der Waals surface area (Å²) in [7, 11) is 0. The van der Waals surface area contributed by atoms with E-state index >= 15 is 0 Å². The minimum Gasteiger partial charge on any atom is -0.494 e. The Bertz CT molecular complexity index is 1110. The average Bonchev–Trinajstić information content (AvgIpc) is 3.53. The van der Waals surface area contributed by atoms with E-state index in [0.29, 0.717) is 37.6 Å². The first kappa shape index (κ1) is 41.2. The zero-order valence-corrected chi connectivity index (χ0v) is 29.1. The highest BCUT2D eigenvalue weighted by atomic mass is 19.1. The number of ether oxygens (including phenoxy) is 3. The highest BCUT2D eigenvalue weighted by Crippen LogP contribution is 2.32. The van der Waals surface area contributed by atoms with Gasteiger partial charge in [0.25, 0.3) is 0 Å². The Morgan fingerprint density at radius 2 is 1.58 bits per heavy atom. The standard InChI is InChI=1S/C37H59FN2O8/c1-3-5-7-11-14-21-36(47-26-27-48-36)22-15-12-9-8-10-13-16-31(37(45,23-24-38)35(43)44)34(42)40-32(33(39)41)28-29-17-19-30(20-18-29)46-25-6-4-2/h13,16-20,31-32,45H,3-12,14-15,21-28H2,1-2H3,(H2,39,41)(H,40,42)(H,43,44)/t31-,32+,37+/m1/s1. The van der Waals surface area contributed by atoms with Crippen LogP contribution in [0.4, 0.5) is 4.39 Å². The molecule has 1 aliphatic heterocycles. The maximum atomic E-state index is 13.4. The Labute approximate surface area is 286 Å². The molecule has 0 aromatic heterocycles. The number of amides is 2. The van der Waals surface area contributed by atoms with Gasteiger partial charge in [-0.25, -0.2) is 4.79 Å². The largest absolute Gasteiger partial charge is 0.494 e. The molecule has 10 nitrogen and oxygen atoms in total. The topological polar surface area (TPSA) is 157 Å². The number of carboxylic acid groups (broad SMARTS) is 1. The summed E-state index contributed by atoms with van der Waals surface area (Å²) in [5, 5.41) is 23.3. The number of allylic oxidation sites excluding steroid dienone is 1. The molecule has 1 heterocycles. The summed E-state index contributed by atoms with van der Waals surface area (Å²) < 4.78 is 31.1. The van der Waals surface area contributed by atoms with Crippen molar-refractivity contribution in [2.24, 2.45) is 11.7 Å². The molecular weight excluding hydrogens is 619 g/mol. The summed E-state index contributed by atoms with van der Waals surface area (Å²) in [6.45, 7) is 4.95. The molecule has 0 bridgehead atoms. The number of unbranched alkanes of at least 4 members (excludes halogenated alkanes) is 9. The molecule has 0 unspecified atom stereocenters. The maximum Gasteiger partial charge on any atom is 0.336 e. The number of rotatable bonds is 27. The molecule has 3 atom stereocenters. The van der Waals surface area contributed by atoms with Gasteiger partial charge >= 0.3 is 5.97 Å². The molecule has 48 heavy (non-hydrogen) atoms. The van der Waals surface area contributed by atoms with Gasteiger partial charge in [-0.05, 0) is 49.8 Å². The van der Waals surface area contributed by atoms with Gasteiger partial charge < -0.3 is 35.5 Å². The number of nitrogens with one attached hydrogen (secondary N) is 1. The number of primary amides is 1. The van der Waals surface area contributed by atoms with Crippen molar-refractivity contribution in [1.29, 1.82) is 0 Å². The third-order valence-electron chi connectivity index (χ3n) is 8.91. The van der Waals surface area contributed by atoms with E-state index < -0.39 is 54.2 Å². The van der Waals surface area contributed by atoms with Gasteiger partial charge in [-0.15, -0.1) is 0 Å². The molecule has 1 fully saturated rings. The molecule has 1 aromatic rings. The van der Waals surface area contributed by atoms with Crippen molar-refractivity contribution < 1.29 is 43.2 Å². The number of carbonyl (C=O) groups excluding carboxylic acids is 2. The van der Waals surface area contributed by atoms with E-state index in [-0.39, 0.29) is 6.42 Å². The third kappa shape index (κ3) is 14.2. The van der Waals surface area contributed by atoms with Gasteiger partial charge in [-0.1, -0.05) is 83.1 Å². The molecule has 0 saturated carbocycles. The van der Waals surface area contributed by atoms with E-state index in [1.807, 2.05) is 0 Å². The van der Waals surface area contributed by atoms with Crippen LogP contribution in [0.25, 0.3) is 0 Å². The Hall–Kier alpha value is -3.02. The Morgan fingerprint density at radius 3 is 2.15 bits per heavy atom. The third-order valence-corrected chi connectivity index (χ3v) is 8.91. The molecule has 1 saturated heterocycles. The van der Waals surface area contributed by atoms with E-state index in [0.717, 1.165) is 57.8 Å². The lowest BCUT2D eigenvalue weighted by Crippen LogP contribution is -2.55. The Balaban J connectivity index is 1.95. The molecule has 0 radical (unpaired) electrons. The van der Waals surface area contributed by atoms with Crippen LogP contribution in [-0.2, 0) is 30.3 Å². The van der Waals surface area contributed by atoms with Gasteiger partial charge in [0.15, 0.2) is 11.4 Å². The summed E-state index contributed by atoms with van der Waals surface area (Å²) in [5.74, 6) is -4.93. The van der Waals surface area contributed by atoms with Crippen LogP contribution in [0.5, 0.6) is 5.75 Å². The van der Waals surface area contributed by atoms with E-state index in [1.54, 1.807) is 30.3 Å².